The van der Waals surface area contributed by atoms with E-state index in [2.05, 4.69) is 9.71 Å². The number of aromatic nitrogens is 2. The van der Waals surface area contributed by atoms with Gasteiger partial charge >= 0.3 is 5.69 Å². The van der Waals surface area contributed by atoms with Crippen LogP contribution in [0.15, 0.2) is 52.2 Å². The summed E-state index contributed by atoms with van der Waals surface area (Å²) in [5.41, 5.74) is 1.43. The Labute approximate surface area is 138 Å². The number of benzene rings is 2. The highest BCUT2D eigenvalue weighted by molar-refractivity contribution is 7.89. The molecule has 0 aliphatic rings. The van der Waals surface area contributed by atoms with E-state index in [9.17, 15) is 17.6 Å². The molecule has 0 radical (unpaired) electrons. The van der Waals surface area contributed by atoms with Crippen LogP contribution < -0.4 is 10.4 Å². The highest BCUT2D eigenvalue weighted by atomic mass is 32.2. The summed E-state index contributed by atoms with van der Waals surface area (Å²) in [6.07, 6.45) is 0. The zero-order chi connectivity index (χ0) is 17.3. The lowest BCUT2D eigenvalue weighted by atomic mass is 10.2. The monoisotopic (exact) mass is 349 g/mol. The number of halogens is 1. The largest absolute Gasteiger partial charge is 0.326 e. The molecule has 0 spiro atoms. The Morgan fingerprint density at radius 3 is 2.71 bits per heavy atom. The van der Waals surface area contributed by atoms with Crippen LogP contribution in [0.5, 0.6) is 0 Å². The predicted octanol–water partition coefficient (Wildman–Crippen LogP) is 1.76. The minimum Gasteiger partial charge on any atom is -0.306 e. The molecule has 6 nitrogen and oxygen atoms in total. The van der Waals surface area contributed by atoms with Crippen LogP contribution in [0.3, 0.4) is 0 Å². The summed E-state index contributed by atoms with van der Waals surface area (Å²) in [5.74, 6) is -0.489. The number of aryl methyl sites for hydroxylation is 1. The molecule has 1 heterocycles. The zero-order valence-corrected chi connectivity index (χ0v) is 13.7. The molecule has 0 amide bonds. The number of nitrogens with zero attached hydrogens (tertiary/aromatic N) is 1. The Balaban J connectivity index is 1.78. The summed E-state index contributed by atoms with van der Waals surface area (Å²) in [5, 5.41) is 0. The first-order valence-electron chi connectivity index (χ1n) is 7.32. The molecule has 0 fully saturated rings. The maximum atomic E-state index is 13.1. The number of imidazole rings is 1. The van der Waals surface area contributed by atoms with Gasteiger partial charge in [0, 0.05) is 13.1 Å². The predicted molar refractivity (Wildman–Crippen MR) is 88.9 cm³/mol. The topological polar surface area (TPSA) is 84.0 Å². The second-order valence-corrected chi connectivity index (χ2v) is 7.14. The van der Waals surface area contributed by atoms with Crippen LogP contribution in [-0.2, 0) is 16.6 Å². The van der Waals surface area contributed by atoms with Gasteiger partial charge in [0.2, 0.25) is 10.0 Å². The molecule has 0 aliphatic heterocycles. The molecule has 3 rings (SSSR count). The number of H-pyrrole nitrogens is 1. The summed E-state index contributed by atoms with van der Waals surface area (Å²) in [6.45, 7) is 1.75. The number of nitrogens with one attached hydrogen (secondary N) is 2. The third kappa shape index (κ3) is 3.10. The van der Waals surface area contributed by atoms with E-state index in [0.717, 1.165) is 6.07 Å². The number of fused-ring (bicyclic) bond motifs is 1. The molecule has 1 aromatic heterocycles. The molecule has 0 saturated heterocycles. The number of hydrogen-bond acceptors (Lipinski definition) is 3. The normalized spacial score (nSPS) is 11.9. The Morgan fingerprint density at radius 2 is 1.96 bits per heavy atom. The molecule has 2 aromatic carbocycles. The Hall–Kier alpha value is -2.45. The molecular weight excluding hydrogens is 333 g/mol. The fraction of sp³-hybridized carbons (Fsp3) is 0.188. The van der Waals surface area contributed by atoms with Gasteiger partial charge in [-0.3, -0.25) is 4.57 Å². The zero-order valence-electron chi connectivity index (χ0n) is 12.9. The van der Waals surface area contributed by atoms with Crippen molar-refractivity contribution in [2.24, 2.45) is 0 Å². The first-order chi connectivity index (χ1) is 11.4. The van der Waals surface area contributed by atoms with Crippen molar-refractivity contribution in [1.82, 2.24) is 14.3 Å². The van der Waals surface area contributed by atoms with Crippen LogP contribution in [-0.4, -0.2) is 24.5 Å². The van der Waals surface area contributed by atoms with Crippen molar-refractivity contribution in [3.05, 3.63) is 64.3 Å². The molecule has 0 saturated carbocycles. The fourth-order valence-corrected chi connectivity index (χ4v) is 3.86. The summed E-state index contributed by atoms with van der Waals surface area (Å²) < 4.78 is 41.6. The lowest BCUT2D eigenvalue weighted by Crippen LogP contribution is -2.30. The first-order valence-corrected chi connectivity index (χ1v) is 8.80. The van der Waals surface area contributed by atoms with Crippen LogP contribution in [0.25, 0.3) is 11.0 Å². The fourth-order valence-electron chi connectivity index (χ4n) is 2.61. The minimum absolute atomic E-state index is 0.0233. The van der Waals surface area contributed by atoms with Gasteiger partial charge in [0.15, 0.2) is 0 Å². The van der Waals surface area contributed by atoms with Crippen molar-refractivity contribution in [3.8, 4) is 0 Å². The third-order valence-electron chi connectivity index (χ3n) is 3.74. The average molecular weight is 349 g/mol. The SMILES string of the molecule is Cc1cc(F)ccc1S(=O)(=O)NCCn1c(=O)[nH]c2ccccc21. The second kappa shape index (κ2) is 6.21. The van der Waals surface area contributed by atoms with Gasteiger partial charge in [-0.1, -0.05) is 12.1 Å². The smallest absolute Gasteiger partial charge is 0.306 e. The van der Waals surface area contributed by atoms with E-state index in [1.165, 1.54) is 23.6 Å². The third-order valence-corrected chi connectivity index (χ3v) is 5.36. The van der Waals surface area contributed by atoms with E-state index >= 15 is 0 Å². The van der Waals surface area contributed by atoms with Gasteiger partial charge in [0.1, 0.15) is 5.82 Å². The summed E-state index contributed by atoms with van der Waals surface area (Å²) in [7, 11) is -3.77. The molecule has 24 heavy (non-hydrogen) atoms. The average Bonchev–Trinajstić information content (AvgIpc) is 2.83. The van der Waals surface area contributed by atoms with E-state index < -0.39 is 15.8 Å². The van der Waals surface area contributed by atoms with Crippen LogP contribution in [0.4, 0.5) is 4.39 Å². The number of sulfonamides is 1. The van der Waals surface area contributed by atoms with Crippen molar-refractivity contribution in [3.63, 3.8) is 0 Å². The quantitative estimate of drug-likeness (QED) is 0.736. The lowest BCUT2D eigenvalue weighted by molar-refractivity contribution is 0.571. The van der Waals surface area contributed by atoms with Crippen LogP contribution in [0.1, 0.15) is 5.56 Å². The molecular formula is C16H16FN3O3S. The highest BCUT2D eigenvalue weighted by Crippen LogP contribution is 2.16. The Morgan fingerprint density at radius 1 is 1.21 bits per heavy atom. The van der Waals surface area contributed by atoms with Crippen LogP contribution in [0.2, 0.25) is 0 Å². The molecule has 0 bridgehead atoms. The van der Waals surface area contributed by atoms with Crippen LogP contribution >= 0.6 is 0 Å². The molecule has 3 aromatic rings. The van der Waals surface area contributed by atoms with E-state index in [-0.39, 0.29) is 23.7 Å². The summed E-state index contributed by atoms with van der Waals surface area (Å²) in [4.78, 5) is 14.7. The van der Waals surface area contributed by atoms with E-state index in [1.54, 1.807) is 18.2 Å². The highest BCUT2D eigenvalue weighted by Gasteiger charge is 2.17. The van der Waals surface area contributed by atoms with E-state index in [0.29, 0.717) is 16.6 Å². The van der Waals surface area contributed by atoms with Crippen molar-refractivity contribution in [2.45, 2.75) is 18.4 Å². The molecule has 0 aliphatic carbocycles. The van der Waals surface area contributed by atoms with Gasteiger partial charge in [0.25, 0.3) is 0 Å². The maximum Gasteiger partial charge on any atom is 0.326 e. The van der Waals surface area contributed by atoms with Crippen molar-refractivity contribution >= 4 is 21.1 Å². The van der Waals surface area contributed by atoms with Crippen molar-refractivity contribution in [2.75, 3.05) is 6.54 Å². The number of aromatic amines is 1. The van der Waals surface area contributed by atoms with Gasteiger partial charge in [-0.15, -0.1) is 0 Å². The number of hydrogen-bond donors (Lipinski definition) is 2. The van der Waals surface area contributed by atoms with Crippen molar-refractivity contribution in [1.29, 1.82) is 0 Å². The standard InChI is InChI=1S/C16H16FN3O3S/c1-11-10-12(17)6-7-15(11)24(22,23)18-8-9-20-14-5-3-2-4-13(14)19-16(20)21/h2-7,10,18H,8-9H2,1H3,(H,19,21). The van der Waals surface area contributed by atoms with E-state index in [1.807, 2.05) is 6.07 Å². The van der Waals surface area contributed by atoms with Gasteiger partial charge in [-0.2, -0.15) is 0 Å². The van der Waals surface area contributed by atoms with Gasteiger partial charge < -0.3 is 4.98 Å². The minimum atomic E-state index is -3.77. The van der Waals surface area contributed by atoms with Gasteiger partial charge in [-0.25, -0.2) is 22.3 Å². The Bertz CT molecular complexity index is 1050. The number of rotatable bonds is 5. The number of para-hydroxylation sites is 2. The molecule has 126 valence electrons. The first kappa shape index (κ1) is 16.4. The molecule has 0 unspecified atom stereocenters. The van der Waals surface area contributed by atoms with Crippen LogP contribution in [0, 0.1) is 12.7 Å². The Kier molecular flexibility index (Phi) is 4.25. The van der Waals surface area contributed by atoms with Gasteiger partial charge in [0.05, 0.1) is 15.9 Å². The van der Waals surface area contributed by atoms with E-state index in [4.69, 9.17) is 0 Å². The summed E-state index contributed by atoms with van der Waals surface area (Å²) in [6, 6.07) is 10.7. The maximum absolute atomic E-state index is 13.1. The second-order valence-electron chi connectivity index (χ2n) is 5.41. The molecule has 2 N–H and O–H groups in total. The summed E-state index contributed by atoms with van der Waals surface area (Å²) >= 11 is 0. The van der Waals surface area contributed by atoms with Crippen molar-refractivity contribution < 1.29 is 12.8 Å². The molecule has 0 atom stereocenters. The molecule has 8 heteroatoms. The van der Waals surface area contributed by atoms with Gasteiger partial charge in [-0.05, 0) is 42.8 Å². The lowest BCUT2D eigenvalue weighted by Gasteiger charge is -2.10.